The number of ether oxygens (including phenoxy) is 1. The van der Waals surface area contributed by atoms with Crippen molar-refractivity contribution >= 4 is 11.7 Å². The Bertz CT molecular complexity index is 874. The first-order valence-electron chi connectivity index (χ1n) is 9.67. The molecule has 1 aliphatic heterocycles. The number of likely N-dealkylation sites (tertiary alicyclic amines) is 1. The number of fused-ring (bicyclic) bond motifs is 1. The number of furan rings is 1. The molecule has 4 rings (SSSR count). The minimum Gasteiger partial charge on any atom is -0.496 e. The molecule has 142 valence electrons. The van der Waals surface area contributed by atoms with E-state index in [1.807, 2.05) is 23.1 Å². The smallest absolute Gasteiger partial charge is 0.258 e. The number of para-hydroxylation sites is 1. The largest absolute Gasteiger partial charge is 0.496 e. The van der Waals surface area contributed by atoms with Crippen LogP contribution < -0.4 is 4.74 Å². The number of carbonyl (C=O) groups is 2. The summed E-state index contributed by atoms with van der Waals surface area (Å²) < 4.78 is 11.2. The number of Topliss-reactive ketones (excluding diaryl/α,β-unsaturated/α-hetero) is 1. The first-order chi connectivity index (χ1) is 13.1. The molecule has 0 unspecified atom stereocenters. The normalized spacial score (nSPS) is 17.7. The minimum atomic E-state index is -0.0637. The van der Waals surface area contributed by atoms with Crippen LogP contribution >= 0.6 is 0 Å². The number of carbonyl (C=O) groups excluding carboxylic acids is 2. The van der Waals surface area contributed by atoms with Gasteiger partial charge in [-0.2, -0.15) is 0 Å². The number of ketones is 1. The molecule has 0 radical (unpaired) electrons. The molecule has 0 spiro atoms. The van der Waals surface area contributed by atoms with Crippen LogP contribution in [-0.4, -0.2) is 36.8 Å². The molecule has 27 heavy (non-hydrogen) atoms. The maximum Gasteiger partial charge on any atom is 0.258 e. The zero-order valence-electron chi connectivity index (χ0n) is 15.9. The van der Waals surface area contributed by atoms with E-state index in [1.54, 1.807) is 14.0 Å². The topological polar surface area (TPSA) is 59.8 Å². The molecule has 0 N–H and O–H groups in total. The fourth-order valence-electron chi connectivity index (χ4n) is 4.42. The van der Waals surface area contributed by atoms with Gasteiger partial charge in [0.1, 0.15) is 17.3 Å². The van der Waals surface area contributed by atoms with Crippen LogP contribution in [0, 0.1) is 6.92 Å². The molecule has 1 amide bonds. The number of benzene rings is 1. The summed E-state index contributed by atoms with van der Waals surface area (Å²) >= 11 is 0. The number of methoxy groups -OCH3 is 1. The van der Waals surface area contributed by atoms with Gasteiger partial charge in [0.25, 0.3) is 5.91 Å². The highest BCUT2D eigenvalue weighted by Crippen LogP contribution is 2.36. The molecule has 2 aromatic rings. The molecule has 1 aromatic heterocycles. The lowest BCUT2D eigenvalue weighted by Crippen LogP contribution is -2.38. The minimum absolute atomic E-state index is 0.0420. The van der Waals surface area contributed by atoms with Gasteiger partial charge in [-0.05, 0) is 43.7 Å². The van der Waals surface area contributed by atoms with Crippen LogP contribution in [0.2, 0.25) is 0 Å². The van der Waals surface area contributed by atoms with Gasteiger partial charge in [0, 0.05) is 25.9 Å². The Hall–Kier alpha value is -2.56. The molecule has 1 fully saturated rings. The number of nitrogens with zero attached hydrogens (tertiary/aromatic N) is 1. The molecule has 0 saturated carbocycles. The number of amides is 1. The van der Waals surface area contributed by atoms with Gasteiger partial charge >= 0.3 is 0 Å². The maximum atomic E-state index is 13.2. The standard InChI is InChI=1S/C22H25NO4/c1-14-20(21-17(24)7-5-9-19(21)27-14)22(25)23-12-10-15(11-13-23)16-6-3-4-8-18(16)26-2/h3-4,6,8,15H,5,7,9-13H2,1-2H3. The maximum absolute atomic E-state index is 13.2. The molecule has 1 aliphatic carbocycles. The molecule has 2 aliphatic rings. The Balaban J connectivity index is 1.52. The van der Waals surface area contributed by atoms with E-state index in [9.17, 15) is 9.59 Å². The molecular weight excluding hydrogens is 342 g/mol. The summed E-state index contributed by atoms with van der Waals surface area (Å²) in [6, 6.07) is 8.10. The van der Waals surface area contributed by atoms with Gasteiger partial charge in [0.15, 0.2) is 5.78 Å². The third kappa shape index (κ3) is 3.15. The fraction of sp³-hybridized carbons (Fsp3) is 0.455. The summed E-state index contributed by atoms with van der Waals surface area (Å²) in [6.45, 7) is 3.14. The van der Waals surface area contributed by atoms with Crippen LogP contribution in [0.4, 0.5) is 0 Å². The van der Waals surface area contributed by atoms with Crippen molar-refractivity contribution in [2.45, 2.75) is 44.9 Å². The Morgan fingerprint density at radius 2 is 1.93 bits per heavy atom. The zero-order chi connectivity index (χ0) is 19.0. The molecular formula is C22H25NO4. The summed E-state index contributed by atoms with van der Waals surface area (Å²) in [5, 5.41) is 0. The molecule has 0 bridgehead atoms. The zero-order valence-corrected chi connectivity index (χ0v) is 15.9. The summed E-state index contributed by atoms with van der Waals surface area (Å²) in [4.78, 5) is 27.4. The van der Waals surface area contributed by atoms with E-state index < -0.39 is 0 Å². The van der Waals surface area contributed by atoms with Crippen LogP contribution in [0.25, 0.3) is 0 Å². The second-order valence-electron chi connectivity index (χ2n) is 7.42. The Kier molecular flexibility index (Phi) is 4.77. The third-order valence-corrected chi connectivity index (χ3v) is 5.82. The summed E-state index contributed by atoms with van der Waals surface area (Å²) in [6.07, 6.45) is 3.82. The van der Waals surface area contributed by atoms with Gasteiger partial charge in [-0.1, -0.05) is 18.2 Å². The number of hydrogen-bond acceptors (Lipinski definition) is 4. The molecule has 5 heteroatoms. The predicted molar refractivity (Wildman–Crippen MR) is 102 cm³/mol. The third-order valence-electron chi connectivity index (χ3n) is 5.82. The van der Waals surface area contributed by atoms with Crippen LogP contribution in [0.5, 0.6) is 5.75 Å². The summed E-state index contributed by atoms with van der Waals surface area (Å²) in [5.41, 5.74) is 2.24. The van der Waals surface area contributed by atoms with Crippen molar-refractivity contribution < 1.29 is 18.7 Å². The van der Waals surface area contributed by atoms with E-state index in [1.165, 1.54) is 5.56 Å². The van der Waals surface area contributed by atoms with Gasteiger partial charge in [-0.15, -0.1) is 0 Å². The Labute approximate surface area is 159 Å². The second kappa shape index (κ2) is 7.22. The van der Waals surface area contributed by atoms with Crippen molar-refractivity contribution in [3.05, 3.63) is 52.5 Å². The van der Waals surface area contributed by atoms with E-state index >= 15 is 0 Å². The molecule has 0 atom stereocenters. The predicted octanol–water partition coefficient (Wildman–Crippen LogP) is 4.14. The van der Waals surface area contributed by atoms with E-state index in [4.69, 9.17) is 9.15 Å². The number of rotatable bonds is 3. The first-order valence-corrected chi connectivity index (χ1v) is 9.67. The highest BCUT2D eigenvalue weighted by atomic mass is 16.5. The van der Waals surface area contributed by atoms with Crippen molar-refractivity contribution in [2.24, 2.45) is 0 Å². The van der Waals surface area contributed by atoms with Crippen molar-refractivity contribution in [3.8, 4) is 5.75 Å². The van der Waals surface area contributed by atoms with Crippen LogP contribution in [0.1, 0.15) is 69.4 Å². The SMILES string of the molecule is COc1ccccc1C1CCN(C(=O)c2c(C)oc3c2C(=O)CCC3)CC1. The quantitative estimate of drug-likeness (QED) is 0.818. The lowest BCUT2D eigenvalue weighted by Gasteiger charge is -2.33. The average molecular weight is 367 g/mol. The monoisotopic (exact) mass is 367 g/mol. The lowest BCUT2D eigenvalue weighted by molar-refractivity contribution is 0.0706. The van der Waals surface area contributed by atoms with Crippen LogP contribution in [0.15, 0.2) is 28.7 Å². The molecule has 5 nitrogen and oxygen atoms in total. The van der Waals surface area contributed by atoms with Crippen LogP contribution in [0.3, 0.4) is 0 Å². The van der Waals surface area contributed by atoms with Crippen molar-refractivity contribution in [1.82, 2.24) is 4.90 Å². The summed E-state index contributed by atoms with van der Waals surface area (Å²) in [7, 11) is 1.69. The van der Waals surface area contributed by atoms with Crippen molar-refractivity contribution in [3.63, 3.8) is 0 Å². The molecule has 1 aromatic carbocycles. The van der Waals surface area contributed by atoms with Crippen molar-refractivity contribution in [1.29, 1.82) is 0 Å². The number of piperidine rings is 1. The highest BCUT2D eigenvalue weighted by molar-refractivity contribution is 6.10. The average Bonchev–Trinajstić information content (AvgIpc) is 3.04. The lowest BCUT2D eigenvalue weighted by atomic mass is 9.88. The summed E-state index contributed by atoms with van der Waals surface area (Å²) in [5.74, 6) is 2.54. The van der Waals surface area contributed by atoms with E-state index in [2.05, 4.69) is 6.07 Å². The van der Waals surface area contributed by atoms with Gasteiger partial charge in [-0.25, -0.2) is 0 Å². The van der Waals surface area contributed by atoms with E-state index in [0.717, 1.165) is 31.4 Å². The Morgan fingerprint density at radius 1 is 1.19 bits per heavy atom. The molecule has 2 heterocycles. The fourth-order valence-corrected chi connectivity index (χ4v) is 4.42. The second-order valence-corrected chi connectivity index (χ2v) is 7.42. The van der Waals surface area contributed by atoms with E-state index in [0.29, 0.717) is 48.1 Å². The Morgan fingerprint density at radius 3 is 2.67 bits per heavy atom. The van der Waals surface area contributed by atoms with Gasteiger partial charge in [0.2, 0.25) is 0 Å². The number of aryl methyl sites for hydroxylation is 2. The first kappa shape index (κ1) is 17.8. The van der Waals surface area contributed by atoms with Crippen molar-refractivity contribution in [2.75, 3.05) is 20.2 Å². The molecule has 1 saturated heterocycles. The van der Waals surface area contributed by atoms with Crippen LogP contribution in [-0.2, 0) is 6.42 Å². The highest BCUT2D eigenvalue weighted by Gasteiger charge is 2.34. The van der Waals surface area contributed by atoms with E-state index in [-0.39, 0.29) is 11.7 Å². The van der Waals surface area contributed by atoms with Gasteiger partial charge in [-0.3, -0.25) is 9.59 Å². The number of hydrogen-bond donors (Lipinski definition) is 0. The van der Waals surface area contributed by atoms with Gasteiger partial charge < -0.3 is 14.1 Å². The van der Waals surface area contributed by atoms with Gasteiger partial charge in [0.05, 0.1) is 18.2 Å².